The third kappa shape index (κ3) is 4.34. The number of pyridine rings is 1. The molecule has 17 heavy (non-hydrogen) atoms. The van der Waals surface area contributed by atoms with E-state index < -0.39 is 0 Å². The normalized spacial score (nSPS) is 12.4. The lowest BCUT2D eigenvalue weighted by atomic mass is 10.2. The zero-order chi connectivity index (χ0) is 13.0. The van der Waals surface area contributed by atoms with Crippen molar-refractivity contribution in [2.24, 2.45) is 0 Å². The van der Waals surface area contributed by atoms with Gasteiger partial charge >= 0.3 is 0 Å². The average Bonchev–Trinajstić information content (AvgIpc) is 2.21. The van der Waals surface area contributed by atoms with E-state index in [0.29, 0.717) is 0 Å². The first-order valence-electron chi connectivity index (χ1n) is 5.59. The molecule has 1 aromatic rings. The van der Waals surface area contributed by atoms with Crippen molar-refractivity contribution in [2.45, 2.75) is 39.8 Å². The van der Waals surface area contributed by atoms with Gasteiger partial charge in [-0.25, -0.2) is 4.98 Å². The average molecular weight is 300 g/mol. The predicted molar refractivity (Wildman–Crippen MR) is 73.0 cm³/mol. The molecule has 0 aromatic carbocycles. The molecule has 1 amide bonds. The number of nitrogens with one attached hydrogen (secondary N) is 2. The largest absolute Gasteiger partial charge is 0.358 e. The molecule has 5 heteroatoms. The minimum atomic E-state index is -0.301. The van der Waals surface area contributed by atoms with Crippen LogP contribution in [-0.2, 0) is 4.79 Å². The number of hydrogen-bond acceptors (Lipinski definition) is 3. The number of carbonyl (C=O) groups is 1. The summed E-state index contributed by atoms with van der Waals surface area (Å²) < 4.78 is 0.930. The molecular formula is C12H18BrN3O. The molecule has 1 heterocycles. The van der Waals surface area contributed by atoms with E-state index >= 15 is 0 Å². The van der Waals surface area contributed by atoms with Crippen molar-refractivity contribution in [3.8, 4) is 0 Å². The monoisotopic (exact) mass is 299 g/mol. The topological polar surface area (TPSA) is 54.0 Å². The molecule has 0 aliphatic rings. The maximum atomic E-state index is 11.7. The van der Waals surface area contributed by atoms with Gasteiger partial charge in [0.15, 0.2) is 0 Å². The molecular weight excluding hydrogens is 282 g/mol. The van der Waals surface area contributed by atoms with E-state index in [2.05, 4.69) is 31.5 Å². The minimum Gasteiger partial charge on any atom is -0.358 e. The summed E-state index contributed by atoms with van der Waals surface area (Å²) in [6.45, 7) is 7.65. The number of halogens is 1. The molecule has 0 radical (unpaired) electrons. The highest BCUT2D eigenvalue weighted by Gasteiger charge is 2.14. The van der Waals surface area contributed by atoms with Gasteiger partial charge in [-0.1, -0.05) is 0 Å². The fourth-order valence-corrected chi connectivity index (χ4v) is 1.82. The van der Waals surface area contributed by atoms with Crippen LogP contribution in [0, 0.1) is 6.92 Å². The Morgan fingerprint density at radius 3 is 2.59 bits per heavy atom. The maximum absolute atomic E-state index is 11.7. The fraction of sp³-hybridized carbons (Fsp3) is 0.500. The lowest BCUT2D eigenvalue weighted by Crippen LogP contribution is -2.41. The highest BCUT2D eigenvalue weighted by molar-refractivity contribution is 9.10. The Morgan fingerprint density at radius 2 is 2.06 bits per heavy atom. The quantitative estimate of drug-likeness (QED) is 0.898. The van der Waals surface area contributed by atoms with E-state index in [9.17, 15) is 4.79 Å². The standard InChI is InChI=1S/C12H18BrN3O/c1-7(2)15-12(17)9(4)16-11-8(3)5-10(13)6-14-11/h5-7,9H,1-4H3,(H,14,16)(H,15,17). The molecule has 0 aliphatic carbocycles. The van der Waals surface area contributed by atoms with Crippen LogP contribution in [0.2, 0.25) is 0 Å². The summed E-state index contributed by atoms with van der Waals surface area (Å²) in [7, 11) is 0. The van der Waals surface area contributed by atoms with Gasteiger partial charge < -0.3 is 10.6 Å². The number of hydrogen-bond donors (Lipinski definition) is 2. The second kappa shape index (κ2) is 6.00. The number of amides is 1. The Balaban J connectivity index is 2.67. The van der Waals surface area contributed by atoms with Gasteiger partial charge in [0.2, 0.25) is 5.91 Å². The minimum absolute atomic E-state index is 0.0240. The second-order valence-corrected chi connectivity index (χ2v) is 5.26. The van der Waals surface area contributed by atoms with Gasteiger partial charge in [0, 0.05) is 16.7 Å². The Labute approximate surface area is 110 Å². The van der Waals surface area contributed by atoms with Crippen LogP contribution < -0.4 is 10.6 Å². The van der Waals surface area contributed by atoms with Gasteiger partial charge in [-0.05, 0) is 55.3 Å². The number of aryl methyl sites for hydroxylation is 1. The van der Waals surface area contributed by atoms with Crippen molar-refractivity contribution < 1.29 is 4.79 Å². The molecule has 0 spiro atoms. The van der Waals surface area contributed by atoms with Crippen molar-refractivity contribution in [3.05, 3.63) is 22.3 Å². The molecule has 0 saturated heterocycles. The lowest BCUT2D eigenvalue weighted by Gasteiger charge is -2.17. The van der Waals surface area contributed by atoms with E-state index in [1.165, 1.54) is 0 Å². The van der Waals surface area contributed by atoms with Gasteiger partial charge in [-0.2, -0.15) is 0 Å². The smallest absolute Gasteiger partial charge is 0.242 e. The summed E-state index contributed by atoms with van der Waals surface area (Å²) in [5.74, 6) is 0.712. The van der Waals surface area contributed by atoms with Crippen LogP contribution >= 0.6 is 15.9 Å². The van der Waals surface area contributed by atoms with Crippen LogP contribution in [0.5, 0.6) is 0 Å². The molecule has 1 aromatic heterocycles. The van der Waals surface area contributed by atoms with Crippen LogP contribution in [0.3, 0.4) is 0 Å². The summed E-state index contributed by atoms with van der Waals surface area (Å²) in [6, 6.07) is 1.80. The first-order valence-corrected chi connectivity index (χ1v) is 6.38. The van der Waals surface area contributed by atoms with E-state index in [4.69, 9.17) is 0 Å². The molecule has 2 N–H and O–H groups in total. The van der Waals surface area contributed by atoms with Crippen molar-refractivity contribution in [1.29, 1.82) is 0 Å². The van der Waals surface area contributed by atoms with E-state index in [1.807, 2.05) is 33.8 Å². The molecule has 0 fully saturated rings. The molecule has 0 aliphatic heterocycles. The summed E-state index contributed by atoms with van der Waals surface area (Å²) in [6.07, 6.45) is 1.71. The number of carbonyl (C=O) groups excluding carboxylic acids is 1. The van der Waals surface area contributed by atoms with Gasteiger partial charge in [0.05, 0.1) is 0 Å². The molecule has 1 unspecified atom stereocenters. The molecule has 4 nitrogen and oxygen atoms in total. The van der Waals surface area contributed by atoms with Gasteiger partial charge in [-0.15, -0.1) is 0 Å². The highest BCUT2D eigenvalue weighted by Crippen LogP contribution is 2.17. The maximum Gasteiger partial charge on any atom is 0.242 e. The third-order valence-electron chi connectivity index (χ3n) is 2.22. The zero-order valence-electron chi connectivity index (χ0n) is 10.5. The molecule has 0 bridgehead atoms. The van der Waals surface area contributed by atoms with Gasteiger partial charge in [0.25, 0.3) is 0 Å². The summed E-state index contributed by atoms with van der Waals surface area (Å²) in [4.78, 5) is 16.0. The second-order valence-electron chi connectivity index (χ2n) is 4.35. The lowest BCUT2D eigenvalue weighted by molar-refractivity contribution is -0.122. The predicted octanol–water partition coefficient (Wildman–Crippen LogP) is 2.48. The summed E-state index contributed by atoms with van der Waals surface area (Å²) in [5, 5.41) is 5.95. The number of nitrogens with zero attached hydrogens (tertiary/aromatic N) is 1. The molecule has 0 saturated carbocycles. The van der Waals surface area contributed by atoms with Crippen molar-refractivity contribution in [2.75, 3.05) is 5.32 Å². The summed E-state index contributed by atoms with van der Waals surface area (Å²) in [5.41, 5.74) is 1.00. The van der Waals surface area contributed by atoms with E-state index in [1.54, 1.807) is 6.20 Å². The van der Waals surface area contributed by atoms with Crippen LogP contribution in [-0.4, -0.2) is 23.0 Å². The van der Waals surface area contributed by atoms with Crippen LogP contribution in [0.25, 0.3) is 0 Å². The van der Waals surface area contributed by atoms with Crippen LogP contribution in [0.1, 0.15) is 26.3 Å². The van der Waals surface area contributed by atoms with Crippen molar-refractivity contribution >= 4 is 27.7 Å². The summed E-state index contributed by atoms with van der Waals surface area (Å²) >= 11 is 3.35. The first kappa shape index (κ1) is 14.0. The number of rotatable bonds is 4. The van der Waals surface area contributed by atoms with Gasteiger partial charge in [-0.3, -0.25) is 4.79 Å². The molecule has 94 valence electrons. The van der Waals surface area contributed by atoms with Crippen molar-refractivity contribution in [3.63, 3.8) is 0 Å². The Hall–Kier alpha value is -1.10. The number of anilines is 1. The Bertz CT molecular complexity index is 407. The van der Waals surface area contributed by atoms with Crippen LogP contribution in [0.15, 0.2) is 16.7 Å². The number of aromatic nitrogens is 1. The Morgan fingerprint density at radius 1 is 1.41 bits per heavy atom. The fourth-order valence-electron chi connectivity index (χ4n) is 1.37. The first-order chi connectivity index (χ1) is 7.90. The molecule has 1 atom stereocenters. The molecule has 1 rings (SSSR count). The van der Waals surface area contributed by atoms with Crippen molar-refractivity contribution in [1.82, 2.24) is 10.3 Å². The zero-order valence-corrected chi connectivity index (χ0v) is 12.1. The van der Waals surface area contributed by atoms with Gasteiger partial charge in [0.1, 0.15) is 11.9 Å². The van der Waals surface area contributed by atoms with E-state index in [0.717, 1.165) is 15.9 Å². The SMILES string of the molecule is Cc1cc(Br)cnc1NC(C)C(=O)NC(C)C. The third-order valence-corrected chi connectivity index (χ3v) is 2.66. The van der Waals surface area contributed by atoms with Crippen LogP contribution in [0.4, 0.5) is 5.82 Å². The van der Waals surface area contributed by atoms with E-state index in [-0.39, 0.29) is 18.0 Å². The highest BCUT2D eigenvalue weighted by atomic mass is 79.9. The Kier molecular flexibility index (Phi) is 4.93.